The molecule has 0 atom stereocenters. The normalized spacial score (nSPS) is 12.8. The molecule has 0 aromatic carbocycles. The molecule has 0 aliphatic heterocycles. The van der Waals surface area contributed by atoms with Crippen molar-refractivity contribution in [2.45, 2.75) is 19.3 Å². The van der Waals surface area contributed by atoms with Crippen molar-refractivity contribution in [1.82, 2.24) is 15.5 Å². The third-order valence-electron chi connectivity index (χ3n) is 1.94. The molecule has 0 aromatic rings. The van der Waals surface area contributed by atoms with Crippen LogP contribution in [0.25, 0.3) is 0 Å². The lowest BCUT2D eigenvalue weighted by Crippen LogP contribution is -2.66. The molecule has 0 unspecified atom stereocenters. The molecule has 4 heteroatoms. The first kappa shape index (κ1) is 11.1. The van der Waals surface area contributed by atoms with E-state index in [1.54, 1.807) is 0 Å². The van der Waals surface area contributed by atoms with Gasteiger partial charge in [0.25, 0.3) is 0 Å². The van der Waals surface area contributed by atoms with E-state index in [1.807, 2.05) is 0 Å². The number of hydrogen-bond donors (Lipinski definition) is 2. The molecule has 0 heterocycles. The summed E-state index contributed by atoms with van der Waals surface area (Å²) in [5, 5.41) is 6.87. The summed E-state index contributed by atoms with van der Waals surface area (Å²) in [6.07, 6.45) is 0. The summed E-state index contributed by atoms with van der Waals surface area (Å²) in [5.74, 6) is 0. The molecule has 68 valence electrons. The van der Waals surface area contributed by atoms with E-state index in [2.05, 4.69) is 43.5 Å². The summed E-state index contributed by atoms with van der Waals surface area (Å²) >= 11 is 0. The molecular weight excluding hydrogens is 154 g/mol. The van der Waals surface area contributed by atoms with Crippen molar-refractivity contribution < 1.29 is 0 Å². The van der Waals surface area contributed by atoms with Crippen molar-refractivity contribution in [2.24, 2.45) is 0 Å². The van der Waals surface area contributed by atoms with Crippen molar-refractivity contribution in [3.63, 3.8) is 0 Å². The number of rotatable bonds is 5. The molecule has 0 aliphatic carbocycles. The maximum absolute atomic E-state index is 3.44. The van der Waals surface area contributed by atoms with Gasteiger partial charge in [-0.25, -0.2) is 0 Å². The van der Waals surface area contributed by atoms with Gasteiger partial charge in [-0.1, -0.05) is 13.8 Å². The highest BCUT2D eigenvalue weighted by molar-refractivity contribution is 6.14. The second-order valence-electron chi connectivity index (χ2n) is 3.03. The Kier molecular flexibility index (Phi) is 4.91. The molecular formula is C7H21N3Si. The Bertz CT molecular complexity index is 99.9. The first-order chi connectivity index (χ1) is 5.06. The standard InChI is InChI=1S/C7H21N3Si/c1-5-8-7(11,9-6-2)10(3)4/h8-9H,5-6H2,1-4,11H3. The lowest BCUT2D eigenvalue weighted by Gasteiger charge is -2.38. The van der Waals surface area contributed by atoms with Crippen molar-refractivity contribution in [3.05, 3.63) is 0 Å². The summed E-state index contributed by atoms with van der Waals surface area (Å²) in [7, 11) is 5.27. The molecule has 0 bridgehead atoms. The summed E-state index contributed by atoms with van der Waals surface area (Å²) < 4.78 is 0. The highest BCUT2D eigenvalue weighted by atomic mass is 28.1. The topological polar surface area (TPSA) is 27.3 Å². The zero-order chi connectivity index (χ0) is 8.91. The quantitative estimate of drug-likeness (QED) is 0.404. The van der Waals surface area contributed by atoms with Crippen molar-refractivity contribution >= 4 is 10.2 Å². The summed E-state index contributed by atoms with van der Waals surface area (Å²) in [5.41, 5.74) is 0.0729. The van der Waals surface area contributed by atoms with Gasteiger partial charge in [0, 0.05) is 0 Å². The minimum atomic E-state index is 0.0729. The van der Waals surface area contributed by atoms with Gasteiger partial charge < -0.3 is 0 Å². The van der Waals surface area contributed by atoms with Crippen LogP contribution in [0, 0.1) is 0 Å². The Balaban J connectivity index is 4.01. The Morgan fingerprint density at radius 1 is 1.18 bits per heavy atom. The lowest BCUT2D eigenvalue weighted by molar-refractivity contribution is 0.162. The molecule has 0 saturated carbocycles. The van der Waals surface area contributed by atoms with E-state index in [-0.39, 0.29) is 5.41 Å². The Morgan fingerprint density at radius 2 is 1.55 bits per heavy atom. The van der Waals surface area contributed by atoms with Crippen LogP contribution in [0.5, 0.6) is 0 Å². The molecule has 0 fully saturated rings. The number of hydrogen-bond acceptors (Lipinski definition) is 3. The van der Waals surface area contributed by atoms with Gasteiger partial charge in [-0.3, -0.25) is 15.5 Å². The van der Waals surface area contributed by atoms with Crippen LogP contribution < -0.4 is 10.6 Å². The summed E-state index contributed by atoms with van der Waals surface area (Å²) in [4.78, 5) is 2.20. The Hall–Kier alpha value is 0.0969. The molecule has 11 heavy (non-hydrogen) atoms. The van der Waals surface area contributed by atoms with E-state index in [0.29, 0.717) is 0 Å². The van der Waals surface area contributed by atoms with Gasteiger partial charge in [-0.15, -0.1) is 0 Å². The van der Waals surface area contributed by atoms with Gasteiger partial charge in [0.05, 0.1) is 15.7 Å². The van der Waals surface area contributed by atoms with Crippen molar-refractivity contribution in [3.8, 4) is 0 Å². The first-order valence-corrected chi connectivity index (χ1v) is 5.24. The van der Waals surface area contributed by atoms with E-state index in [9.17, 15) is 0 Å². The van der Waals surface area contributed by atoms with Crippen LogP contribution >= 0.6 is 0 Å². The average molecular weight is 175 g/mol. The lowest BCUT2D eigenvalue weighted by atomic mass is 10.6. The zero-order valence-corrected chi connectivity index (χ0v) is 10.4. The van der Waals surface area contributed by atoms with E-state index in [1.165, 1.54) is 0 Å². The maximum atomic E-state index is 3.44. The Labute approximate surface area is 73.0 Å². The van der Waals surface area contributed by atoms with Gasteiger partial charge in [0.2, 0.25) is 0 Å². The van der Waals surface area contributed by atoms with E-state index in [0.717, 1.165) is 23.3 Å². The fourth-order valence-electron chi connectivity index (χ4n) is 1.07. The SMILES string of the molecule is CCNC([SiH3])(NCC)N(C)C. The van der Waals surface area contributed by atoms with Crippen LogP contribution in [0.2, 0.25) is 0 Å². The van der Waals surface area contributed by atoms with E-state index >= 15 is 0 Å². The number of nitrogens with zero attached hydrogens (tertiary/aromatic N) is 1. The summed E-state index contributed by atoms with van der Waals surface area (Å²) in [6, 6.07) is 0. The maximum Gasteiger partial charge on any atom is 0.0991 e. The second kappa shape index (κ2) is 4.87. The molecule has 0 aromatic heterocycles. The van der Waals surface area contributed by atoms with Gasteiger partial charge in [0.1, 0.15) is 0 Å². The van der Waals surface area contributed by atoms with Crippen LogP contribution in [0.1, 0.15) is 13.8 Å². The number of nitrogens with one attached hydrogen (secondary N) is 2. The molecule has 0 rings (SSSR count). The first-order valence-electron chi connectivity index (χ1n) is 4.24. The third kappa shape index (κ3) is 3.33. The monoisotopic (exact) mass is 175 g/mol. The minimum Gasteiger partial charge on any atom is -0.291 e. The predicted octanol–water partition coefficient (Wildman–Crippen LogP) is -1.26. The zero-order valence-electron chi connectivity index (χ0n) is 8.36. The summed E-state index contributed by atoms with van der Waals surface area (Å²) in [6.45, 7) is 6.28. The third-order valence-corrected chi connectivity index (χ3v) is 3.54. The molecule has 3 nitrogen and oxygen atoms in total. The van der Waals surface area contributed by atoms with Gasteiger partial charge in [-0.05, 0) is 27.2 Å². The van der Waals surface area contributed by atoms with Gasteiger partial charge >= 0.3 is 0 Å². The molecule has 0 saturated heterocycles. The van der Waals surface area contributed by atoms with Crippen LogP contribution in [-0.4, -0.2) is 47.7 Å². The fourth-order valence-corrected chi connectivity index (χ4v) is 1.77. The van der Waals surface area contributed by atoms with Crippen molar-refractivity contribution in [1.29, 1.82) is 0 Å². The second-order valence-corrected chi connectivity index (χ2v) is 4.47. The largest absolute Gasteiger partial charge is 0.291 e. The molecule has 0 radical (unpaired) electrons. The average Bonchev–Trinajstić information content (AvgIpc) is 1.88. The minimum absolute atomic E-state index is 0.0729. The van der Waals surface area contributed by atoms with E-state index < -0.39 is 0 Å². The molecule has 0 spiro atoms. The molecule has 2 N–H and O–H groups in total. The van der Waals surface area contributed by atoms with E-state index in [4.69, 9.17) is 0 Å². The smallest absolute Gasteiger partial charge is 0.0991 e. The van der Waals surface area contributed by atoms with Gasteiger partial charge in [-0.2, -0.15) is 0 Å². The van der Waals surface area contributed by atoms with Crippen LogP contribution in [0.4, 0.5) is 0 Å². The highest BCUT2D eigenvalue weighted by Gasteiger charge is 2.22. The van der Waals surface area contributed by atoms with Crippen LogP contribution in [0.3, 0.4) is 0 Å². The highest BCUT2D eigenvalue weighted by Crippen LogP contribution is 1.96. The Morgan fingerprint density at radius 3 is 1.73 bits per heavy atom. The predicted molar refractivity (Wildman–Crippen MR) is 53.7 cm³/mol. The van der Waals surface area contributed by atoms with Crippen molar-refractivity contribution in [2.75, 3.05) is 27.2 Å². The fraction of sp³-hybridized carbons (Fsp3) is 1.00. The van der Waals surface area contributed by atoms with Crippen LogP contribution in [-0.2, 0) is 0 Å². The molecule has 0 aliphatic rings. The van der Waals surface area contributed by atoms with Crippen LogP contribution in [0.15, 0.2) is 0 Å². The molecule has 0 amide bonds. The van der Waals surface area contributed by atoms with Gasteiger partial charge in [0.15, 0.2) is 0 Å².